The van der Waals surface area contributed by atoms with Crippen molar-refractivity contribution >= 4 is 35.9 Å². The third kappa shape index (κ3) is 4.44. The maximum Gasteiger partial charge on any atom is 0.249 e. The Balaban J connectivity index is 2.03. The van der Waals surface area contributed by atoms with E-state index < -0.39 is 0 Å². The Morgan fingerprint density at radius 3 is 2.76 bits per heavy atom. The number of aliphatic imine (C=N–C) groups is 3. The molecule has 7 heteroatoms. The SMILES string of the molecule is O=C1C\C=C/C=C\C=C/N=c2/ncnc3c2=C(C=N3)\C=N/C=C\C=N/1. The molecule has 0 spiro atoms. The second-order valence-corrected chi connectivity index (χ2v) is 4.89. The van der Waals surface area contributed by atoms with Crippen LogP contribution < -0.4 is 10.7 Å². The molecule has 3 rings (SSSR count). The largest absolute Gasteiger partial charge is 0.272 e. The Labute approximate surface area is 143 Å². The average Bonchev–Trinajstić information content (AvgIpc) is 3.03. The lowest BCUT2D eigenvalue weighted by Gasteiger charge is -1.90. The molecule has 1 amide bonds. The Bertz CT molecular complexity index is 993. The van der Waals surface area contributed by atoms with Crippen molar-refractivity contribution in [2.24, 2.45) is 20.0 Å². The number of nitrogens with zero attached hydrogens (tertiary/aromatic N) is 6. The van der Waals surface area contributed by atoms with E-state index in [1.54, 1.807) is 42.9 Å². The van der Waals surface area contributed by atoms with E-state index in [1.807, 2.05) is 12.2 Å². The molecule has 0 N–H and O–H groups in total. The van der Waals surface area contributed by atoms with E-state index in [4.69, 9.17) is 0 Å². The van der Waals surface area contributed by atoms with Crippen molar-refractivity contribution in [3.05, 3.63) is 65.9 Å². The first kappa shape index (κ1) is 16.3. The van der Waals surface area contributed by atoms with Crippen molar-refractivity contribution in [1.29, 1.82) is 0 Å². The zero-order chi connectivity index (χ0) is 17.3. The molecule has 0 unspecified atom stereocenters. The van der Waals surface area contributed by atoms with E-state index in [0.717, 1.165) is 10.8 Å². The standard InChI is InChI=1S/C18H14N6O/c25-15-7-4-2-1-3-5-9-21-17-16-14(11-19-8-6-10-20-15)12-22-18(16)24-13-23-17/h1-6,8-13H,7H2/b3-1-,4-2-,8-6-,9-5-,19-11-,20-10-,21-17+. The van der Waals surface area contributed by atoms with Crippen molar-refractivity contribution in [3.8, 4) is 0 Å². The summed E-state index contributed by atoms with van der Waals surface area (Å²) in [4.78, 5) is 36.4. The number of rotatable bonds is 0. The number of aromatic nitrogens is 2. The molecule has 2 aliphatic heterocycles. The maximum absolute atomic E-state index is 11.5. The van der Waals surface area contributed by atoms with Crippen molar-refractivity contribution in [2.75, 3.05) is 0 Å². The van der Waals surface area contributed by atoms with Crippen LogP contribution in [0.1, 0.15) is 6.42 Å². The first-order valence-corrected chi connectivity index (χ1v) is 7.55. The summed E-state index contributed by atoms with van der Waals surface area (Å²) in [5, 5.41) is 0.734. The van der Waals surface area contributed by atoms with E-state index >= 15 is 0 Å². The molecule has 0 fully saturated rings. The van der Waals surface area contributed by atoms with E-state index in [1.165, 1.54) is 18.7 Å². The lowest BCUT2D eigenvalue weighted by molar-refractivity contribution is -0.116. The average molecular weight is 330 g/mol. The number of hydrogen-bond acceptors (Lipinski definition) is 6. The van der Waals surface area contributed by atoms with Crippen LogP contribution in [0, 0.1) is 0 Å². The van der Waals surface area contributed by atoms with Crippen LogP contribution in [0.5, 0.6) is 0 Å². The van der Waals surface area contributed by atoms with Crippen LogP contribution in [-0.4, -0.2) is 34.5 Å². The van der Waals surface area contributed by atoms with Crippen LogP contribution in [0.15, 0.2) is 75.2 Å². The van der Waals surface area contributed by atoms with E-state index in [2.05, 4.69) is 29.9 Å². The van der Waals surface area contributed by atoms with Gasteiger partial charge in [0.15, 0.2) is 11.3 Å². The smallest absolute Gasteiger partial charge is 0.249 e. The lowest BCUT2D eigenvalue weighted by atomic mass is 10.2. The van der Waals surface area contributed by atoms with Gasteiger partial charge in [-0.15, -0.1) is 0 Å². The normalized spacial score (nSPS) is 25.7. The van der Waals surface area contributed by atoms with Crippen LogP contribution in [0.2, 0.25) is 0 Å². The third-order valence-electron chi connectivity index (χ3n) is 3.16. The second-order valence-electron chi connectivity index (χ2n) is 4.89. The summed E-state index contributed by atoms with van der Waals surface area (Å²) in [6.07, 6.45) is 20.1. The first-order chi connectivity index (χ1) is 12.3. The first-order valence-electron chi connectivity index (χ1n) is 7.55. The minimum absolute atomic E-state index is 0.224. The Hall–Kier alpha value is -3.61. The highest BCUT2D eigenvalue weighted by atomic mass is 16.1. The molecule has 2 aliphatic rings. The van der Waals surface area contributed by atoms with Gasteiger partial charge in [0, 0.05) is 43.0 Å². The molecular formula is C18H14N6O. The molecule has 1 aromatic rings. The molecule has 0 bridgehead atoms. The zero-order valence-corrected chi connectivity index (χ0v) is 13.2. The minimum atomic E-state index is -0.224. The van der Waals surface area contributed by atoms with Gasteiger partial charge in [-0.3, -0.25) is 9.79 Å². The van der Waals surface area contributed by atoms with Gasteiger partial charge in [0.05, 0.1) is 5.22 Å². The molecule has 7 nitrogen and oxygen atoms in total. The number of allylic oxidation sites excluding steroid dienone is 5. The number of carbonyl (C=O) groups excluding carboxylic acids is 1. The maximum atomic E-state index is 11.5. The fourth-order valence-corrected chi connectivity index (χ4v) is 2.04. The fourth-order valence-electron chi connectivity index (χ4n) is 2.04. The van der Waals surface area contributed by atoms with Crippen LogP contribution in [0.3, 0.4) is 0 Å². The van der Waals surface area contributed by atoms with Gasteiger partial charge < -0.3 is 0 Å². The van der Waals surface area contributed by atoms with Crippen LogP contribution >= 0.6 is 0 Å². The highest BCUT2D eigenvalue weighted by Crippen LogP contribution is 2.04. The van der Waals surface area contributed by atoms with Crippen molar-refractivity contribution in [1.82, 2.24) is 9.97 Å². The van der Waals surface area contributed by atoms with E-state index in [9.17, 15) is 4.79 Å². The molecule has 0 saturated heterocycles. The predicted molar refractivity (Wildman–Crippen MR) is 97.5 cm³/mol. The van der Waals surface area contributed by atoms with Crippen LogP contribution in [-0.2, 0) is 4.79 Å². The topological polar surface area (TPSA) is 92.3 Å². The van der Waals surface area contributed by atoms with Gasteiger partial charge in [-0.1, -0.05) is 24.3 Å². The van der Waals surface area contributed by atoms with Gasteiger partial charge in [0.1, 0.15) is 6.33 Å². The van der Waals surface area contributed by atoms with Crippen molar-refractivity contribution < 1.29 is 4.79 Å². The van der Waals surface area contributed by atoms with Crippen molar-refractivity contribution in [2.45, 2.75) is 6.42 Å². The molecule has 122 valence electrons. The lowest BCUT2D eigenvalue weighted by Crippen LogP contribution is -2.30. The number of carbonyl (C=O) groups is 1. The van der Waals surface area contributed by atoms with Crippen LogP contribution in [0.4, 0.5) is 5.82 Å². The predicted octanol–water partition coefficient (Wildman–Crippen LogP) is 1.17. The quantitative estimate of drug-likeness (QED) is 0.715. The molecule has 0 atom stereocenters. The summed E-state index contributed by atoms with van der Waals surface area (Å²) in [5.41, 5.74) is 1.29. The second kappa shape index (κ2) is 8.30. The highest BCUT2D eigenvalue weighted by Gasteiger charge is 2.08. The summed E-state index contributed by atoms with van der Waals surface area (Å²) in [6.45, 7) is 0. The summed E-state index contributed by atoms with van der Waals surface area (Å²) in [7, 11) is 0. The van der Waals surface area contributed by atoms with Gasteiger partial charge >= 0.3 is 0 Å². The summed E-state index contributed by atoms with van der Waals surface area (Å²) >= 11 is 0. The molecule has 25 heavy (non-hydrogen) atoms. The Morgan fingerprint density at radius 2 is 1.80 bits per heavy atom. The highest BCUT2D eigenvalue weighted by molar-refractivity contribution is 6.30. The Kier molecular flexibility index (Phi) is 5.40. The monoisotopic (exact) mass is 330 g/mol. The van der Waals surface area contributed by atoms with Gasteiger partial charge in [-0.2, -0.15) is 0 Å². The molecular weight excluding hydrogens is 316 g/mol. The summed E-state index contributed by atoms with van der Waals surface area (Å²) in [5.74, 6) is 0.338. The summed E-state index contributed by atoms with van der Waals surface area (Å²) < 4.78 is 0. The van der Waals surface area contributed by atoms with Crippen molar-refractivity contribution in [3.63, 3.8) is 0 Å². The van der Waals surface area contributed by atoms with Gasteiger partial charge in [-0.25, -0.2) is 24.9 Å². The fraction of sp³-hybridized carbons (Fsp3) is 0.0556. The Morgan fingerprint density at radius 1 is 0.880 bits per heavy atom. The van der Waals surface area contributed by atoms with Gasteiger partial charge in [0.25, 0.3) is 0 Å². The van der Waals surface area contributed by atoms with E-state index in [-0.39, 0.29) is 12.3 Å². The number of hydrogen-bond donors (Lipinski definition) is 0. The third-order valence-corrected chi connectivity index (χ3v) is 3.16. The summed E-state index contributed by atoms with van der Waals surface area (Å²) in [6, 6.07) is 0. The van der Waals surface area contributed by atoms with Gasteiger partial charge in [-0.05, 0) is 12.2 Å². The van der Waals surface area contributed by atoms with Gasteiger partial charge in [0.2, 0.25) is 5.91 Å². The molecule has 0 saturated carbocycles. The van der Waals surface area contributed by atoms with E-state index in [0.29, 0.717) is 11.3 Å². The molecule has 0 aromatic carbocycles. The molecule has 1 aromatic heterocycles. The number of amides is 1. The molecule has 0 radical (unpaired) electrons. The van der Waals surface area contributed by atoms with Crippen LogP contribution in [0.25, 0.3) is 5.57 Å². The minimum Gasteiger partial charge on any atom is -0.272 e. The zero-order valence-electron chi connectivity index (χ0n) is 13.2. The molecule has 0 aliphatic carbocycles. The molecule has 3 heterocycles.